The lowest BCUT2D eigenvalue weighted by Crippen LogP contribution is -2.41. The van der Waals surface area contributed by atoms with Gasteiger partial charge in [0, 0.05) is 51.0 Å². The highest BCUT2D eigenvalue weighted by Crippen LogP contribution is 2.44. The fourth-order valence-corrected chi connectivity index (χ4v) is 5.16. The van der Waals surface area contributed by atoms with E-state index < -0.39 is 21.4 Å². The normalized spacial score (nSPS) is 27.2. The van der Waals surface area contributed by atoms with Gasteiger partial charge in [-0.1, -0.05) is 0 Å². The lowest BCUT2D eigenvalue weighted by molar-refractivity contribution is -0.148. The smallest absolute Gasteiger partial charge is 0.312 e. The first kappa shape index (κ1) is 17.4. The van der Waals surface area contributed by atoms with Crippen molar-refractivity contribution in [3.63, 3.8) is 0 Å². The van der Waals surface area contributed by atoms with Crippen molar-refractivity contribution >= 4 is 21.6 Å². The van der Waals surface area contributed by atoms with E-state index in [2.05, 4.69) is 9.88 Å². The molecule has 0 unspecified atom stereocenters. The third kappa shape index (κ3) is 2.80. The van der Waals surface area contributed by atoms with Crippen molar-refractivity contribution in [2.45, 2.75) is 13.5 Å². The molecule has 4 heterocycles. The minimum atomic E-state index is -3.38. The van der Waals surface area contributed by atoms with Gasteiger partial charge in [-0.15, -0.1) is 0 Å². The number of likely N-dealkylation sites (tertiary alicyclic amines) is 1. The van der Waals surface area contributed by atoms with Gasteiger partial charge >= 0.3 is 5.97 Å². The van der Waals surface area contributed by atoms with Crippen molar-refractivity contribution in [2.24, 2.45) is 11.3 Å². The van der Waals surface area contributed by atoms with Crippen LogP contribution in [0.3, 0.4) is 0 Å². The Morgan fingerprint density at radius 2 is 2.15 bits per heavy atom. The largest absolute Gasteiger partial charge is 0.481 e. The van der Waals surface area contributed by atoms with Crippen LogP contribution in [-0.4, -0.2) is 70.5 Å². The van der Waals surface area contributed by atoms with Gasteiger partial charge in [0.15, 0.2) is 0 Å². The molecule has 0 radical (unpaired) electrons. The minimum absolute atomic E-state index is 0.0483. The maximum Gasteiger partial charge on any atom is 0.312 e. The summed E-state index contributed by atoms with van der Waals surface area (Å²) in [4.78, 5) is 18.7. The number of carboxylic acid groups (broad SMARTS) is 1. The highest BCUT2D eigenvalue weighted by atomic mass is 32.2. The highest BCUT2D eigenvalue weighted by Gasteiger charge is 2.59. The third-order valence-corrected chi connectivity index (χ3v) is 6.81. The van der Waals surface area contributed by atoms with E-state index >= 15 is 0 Å². The number of hydrogen-bond acceptors (Lipinski definition) is 5. The third-order valence-electron chi connectivity index (χ3n) is 5.59. The summed E-state index contributed by atoms with van der Waals surface area (Å²) in [5.41, 5.74) is 1.86. The Bertz CT molecular complexity index is 986. The van der Waals surface area contributed by atoms with Crippen LogP contribution in [-0.2, 0) is 21.4 Å². The summed E-state index contributed by atoms with van der Waals surface area (Å²) in [7, 11) is -3.38. The van der Waals surface area contributed by atoms with Gasteiger partial charge in [0.2, 0.25) is 10.0 Å². The summed E-state index contributed by atoms with van der Waals surface area (Å²) < 4.78 is 26.9. The first-order valence-electron chi connectivity index (χ1n) is 8.52. The van der Waals surface area contributed by atoms with Crippen molar-refractivity contribution in [1.29, 1.82) is 0 Å². The van der Waals surface area contributed by atoms with Crippen LogP contribution in [0.15, 0.2) is 24.5 Å². The van der Waals surface area contributed by atoms with E-state index in [0.29, 0.717) is 19.6 Å². The summed E-state index contributed by atoms with van der Waals surface area (Å²) in [5, 5.41) is 9.82. The fourth-order valence-electron chi connectivity index (χ4n) is 4.24. The number of rotatable bonds is 4. The molecule has 140 valence electrons. The second-order valence-electron chi connectivity index (χ2n) is 7.59. The number of aryl methyl sites for hydroxylation is 1. The van der Waals surface area contributed by atoms with E-state index in [1.165, 1.54) is 4.31 Å². The standard InChI is InChI=1S/C17H22N4O4S/c1-12-3-4-20-9-14(18-15(20)5-12)8-19-6-13-7-21(26(2,24)25)11-17(13,10-19)16(22)23/h3-5,9,13H,6-8,10-11H2,1-2H3,(H,22,23)/t13-,17-/m1/s1. The van der Waals surface area contributed by atoms with Gasteiger partial charge in [0.1, 0.15) is 5.65 Å². The number of carboxylic acids is 1. The Kier molecular flexibility index (Phi) is 3.87. The molecule has 9 heteroatoms. The number of pyridine rings is 1. The van der Waals surface area contributed by atoms with E-state index in [9.17, 15) is 18.3 Å². The summed E-state index contributed by atoms with van der Waals surface area (Å²) in [6.45, 7) is 3.79. The molecule has 0 bridgehead atoms. The maximum atomic E-state index is 12.0. The van der Waals surface area contributed by atoms with E-state index in [4.69, 9.17) is 0 Å². The summed E-state index contributed by atoms with van der Waals surface area (Å²) in [5.74, 6) is -1.12. The summed E-state index contributed by atoms with van der Waals surface area (Å²) >= 11 is 0. The quantitative estimate of drug-likeness (QED) is 0.829. The Morgan fingerprint density at radius 3 is 2.81 bits per heavy atom. The molecular weight excluding hydrogens is 356 g/mol. The number of imidazole rings is 1. The number of nitrogens with zero attached hydrogens (tertiary/aromatic N) is 4. The Balaban J connectivity index is 1.55. The molecule has 0 aromatic carbocycles. The second-order valence-corrected chi connectivity index (χ2v) is 9.57. The van der Waals surface area contributed by atoms with E-state index in [1.807, 2.05) is 35.9 Å². The second kappa shape index (κ2) is 5.77. The van der Waals surface area contributed by atoms with Gasteiger partial charge < -0.3 is 9.51 Å². The van der Waals surface area contributed by atoms with E-state index in [1.54, 1.807) is 0 Å². The fraction of sp³-hybridized carbons (Fsp3) is 0.529. The Labute approximate surface area is 152 Å². The van der Waals surface area contributed by atoms with Gasteiger partial charge in [0.05, 0.1) is 17.4 Å². The molecule has 0 amide bonds. The Hall–Kier alpha value is -1.97. The SMILES string of the molecule is Cc1ccn2cc(CN3C[C@@H]4CN(S(C)(=O)=O)C[C@]4(C(=O)O)C3)nc2c1. The average Bonchev–Trinajstić information content (AvgIpc) is 3.16. The van der Waals surface area contributed by atoms with Crippen LogP contribution in [0.4, 0.5) is 0 Å². The predicted molar refractivity (Wildman–Crippen MR) is 95.2 cm³/mol. The molecule has 26 heavy (non-hydrogen) atoms. The Morgan fingerprint density at radius 1 is 1.38 bits per heavy atom. The van der Waals surface area contributed by atoms with Crippen LogP contribution in [0.2, 0.25) is 0 Å². The van der Waals surface area contributed by atoms with Gasteiger partial charge in [-0.05, 0) is 24.6 Å². The van der Waals surface area contributed by atoms with Crippen molar-refractivity contribution in [3.05, 3.63) is 35.8 Å². The topological polar surface area (TPSA) is 95.2 Å². The van der Waals surface area contributed by atoms with E-state index in [-0.39, 0.29) is 19.0 Å². The molecule has 8 nitrogen and oxygen atoms in total. The lowest BCUT2D eigenvalue weighted by atomic mass is 9.81. The van der Waals surface area contributed by atoms with Crippen molar-refractivity contribution < 1.29 is 18.3 Å². The first-order valence-corrected chi connectivity index (χ1v) is 10.4. The van der Waals surface area contributed by atoms with Crippen LogP contribution < -0.4 is 0 Å². The zero-order chi connectivity index (χ0) is 18.7. The molecule has 2 saturated heterocycles. The van der Waals surface area contributed by atoms with Crippen molar-refractivity contribution in [2.75, 3.05) is 32.4 Å². The number of carbonyl (C=O) groups is 1. The van der Waals surface area contributed by atoms with Gasteiger partial charge in [-0.3, -0.25) is 9.69 Å². The molecule has 0 saturated carbocycles. The molecule has 2 fully saturated rings. The maximum absolute atomic E-state index is 12.0. The zero-order valence-corrected chi connectivity index (χ0v) is 15.6. The van der Waals surface area contributed by atoms with Crippen molar-refractivity contribution in [1.82, 2.24) is 18.6 Å². The molecular formula is C17H22N4O4S. The molecule has 2 aromatic heterocycles. The highest BCUT2D eigenvalue weighted by molar-refractivity contribution is 7.88. The van der Waals surface area contributed by atoms with Gasteiger partial charge in [0.25, 0.3) is 0 Å². The zero-order valence-electron chi connectivity index (χ0n) is 14.8. The number of fused-ring (bicyclic) bond motifs is 2. The van der Waals surface area contributed by atoms with Crippen LogP contribution in [0.25, 0.3) is 5.65 Å². The summed E-state index contributed by atoms with van der Waals surface area (Å²) in [6, 6.07) is 4.02. The molecule has 2 aliphatic rings. The van der Waals surface area contributed by atoms with Crippen LogP contribution in [0.1, 0.15) is 11.3 Å². The average molecular weight is 378 g/mol. The summed E-state index contributed by atoms with van der Waals surface area (Å²) in [6.07, 6.45) is 5.06. The number of hydrogen-bond donors (Lipinski definition) is 1. The molecule has 2 atom stereocenters. The number of aliphatic carboxylic acids is 1. The van der Waals surface area contributed by atoms with Gasteiger partial charge in [-0.2, -0.15) is 0 Å². The number of sulfonamides is 1. The molecule has 1 N–H and O–H groups in total. The molecule has 2 aliphatic heterocycles. The molecule has 0 aliphatic carbocycles. The van der Waals surface area contributed by atoms with Crippen LogP contribution in [0.5, 0.6) is 0 Å². The van der Waals surface area contributed by atoms with Crippen molar-refractivity contribution in [3.8, 4) is 0 Å². The van der Waals surface area contributed by atoms with Crippen LogP contribution in [0, 0.1) is 18.3 Å². The van der Waals surface area contributed by atoms with Crippen LogP contribution >= 0.6 is 0 Å². The van der Waals surface area contributed by atoms with E-state index in [0.717, 1.165) is 23.2 Å². The lowest BCUT2D eigenvalue weighted by Gasteiger charge is -2.24. The van der Waals surface area contributed by atoms with Gasteiger partial charge in [-0.25, -0.2) is 17.7 Å². The molecule has 0 spiro atoms. The minimum Gasteiger partial charge on any atom is -0.481 e. The number of aromatic nitrogens is 2. The molecule has 4 rings (SSSR count). The monoisotopic (exact) mass is 378 g/mol. The first-order chi connectivity index (χ1) is 12.2. The predicted octanol–water partition coefficient (Wildman–Crippen LogP) is 0.421. The molecule has 2 aromatic rings.